The lowest BCUT2D eigenvalue weighted by Gasteiger charge is -2.35. The molecule has 1 heterocycles. The van der Waals surface area contributed by atoms with Gasteiger partial charge in [0.2, 0.25) is 10.0 Å². The predicted octanol–water partition coefficient (Wildman–Crippen LogP) is 0.506. The lowest BCUT2D eigenvalue weighted by Crippen LogP contribution is -3.14. The Morgan fingerprint density at radius 2 is 1.74 bits per heavy atom. The van der Waals surface area contributed by atoms with Crippen LogP contribution in [0.3, 0.4) is 0 Å². The maximum Gasteiger partial charge on any atom is 0.277 e. The number of piperazine rings is 1. The number of hydrogen-bond acceptors (Lipinski definition) is 3. The van der Waals surface area contributed by atoms with Gasteiger partial charge < -0.3 is 9.80 Å². The number of quaternary nitrogens is 1. The molecule has 1 saturated carbocycles. The first-order chi connectivity index (χ1) is 12.9. The molecule has 0 aromatic heterocycles. The average molecular weight is 399 g/mol. The first kappa shape index (κ1) is 20.2. The van der Waals surface area contributed by atoms with Gasteiger partial charge in [0.15, 0.2) is 6.54 Å². The van der Waals surface area contributed by atoms with E-state index in [1.807, 2.05) is 0 Å². The van der Waals surface area contributed by atoms with Crippen molar-refractivity contribution in [2.24, 2.45) is 0 Å². The van der Waals surface area contributed by atoms with Crippen molar-refractivity contribution >= 4 is 15.9 Å². The monoisotopic (exact) mass is 398 g/mol. The summed E-state index contributed by atoms with van der Waals surface area (Å²) in [6, 6.07) is 5.96. The van der Waals surface area contributed by atoms with Gasteiger partial charge in [-0.15, -0.1) is 0 Å². The highest BCUT2D eigenvalue weighted by Gasteiger charge is 2.33. The summed E-state index contributed by atoms with van der Waals surface area (Å²) in [5, 5.41) is 0. The van der Waals surface area contributed by atoms with Crippen LogP contribution in [0.25, 0.3) is 0 Å². The molecule has 8 heteroatoms. The van der Waals surface area contributed by atoms with Crippen LogP contribution in [-0.4, -0.2) is 69.3 Å². The van der Waals surface area contributed by atoms with Gasteiger partial charge in [-0.05, 0) is 37.8 Å². The largest absolute Gasteiger partial charge is 0.335 e. The normalized spacial score (nSPS) is 21.2. The average Bonchev–Trinajstić information content (AvgIpc) is 2.69. The lowest BCUT2D eigenvalue weighted by atomic mass is 9.94. The summed E-state index contributed by atoms with van der Waals surface area (Å²) >= 11 is 0. The van der Waals surface area contributed by atoms with Crippen molar-refractivity contribution in [2.75, 3.05) is 39.8 Å². The molecule has 0 spiro atoms. The summed E-state index contributed by atoms with van der Waals surface area (Å²) in [6.45, 7) is 1.55. The van der Waals surface area contributed by atoms with Gasteiger partial charge in [0.05, 0.1) is 13.1 Å². The molecular weight excluding hydrogens is 369 g/mol. The topological polar surface area (TPSA) is 62.1 Å². The van der Waals surface area contributed by atoms with Crippen molar-refractivity contribution < 1.29 is 22.5 Å². The molecule has 3 rings (SSSR count). The molecule has 2 aliphatic rings. The van der Waals surface area contributed by atoms with E-state index in [1.165, 1.54) is 59.5 Å². The molecule has 1 saturated heterocycles. The minimum absolute atomic E-state index is 0.0704. The SMILES string of the molecule is C[NH+](CC(=O)N1CCN(S(=O)(=O)c2ccccc2F)CC1)C1CCCCC1. The minimum Gasteiger partial charge on any atom is -0.335 e. The fourth-order valence-electron chi connectivity index (χ4n) is 4.06. The van der Waals surface area contributed by atoms with E-state index in [0.29, 0.717) is 25.7 Å². The third kappa shape index (κ3) is 4.67. The van der Waals surface area contributed by atoms with Crippen LogP contribution in [0, 0.1) is 5.82 Å². The number of rotatable bonds is 5. The number of carbonyl (C=O) groups is 1. The zero-order valence-electron chi connectivity index (χ0n) is 15.9. The van der Waals surface area contributed by atoms with Crippen LogP contribution in [-0.2, 0) is 14.8 Å². The molecule has 1 atom stereocenters. The van der Waals surface area contributed by atoms with Gasteiger partial charge in [0.25, 0.3) is 5.91 Å². The molecule has 1 unspecified atom stereocenters. The Bertz CT molecular complexity index is 757. The fourth-order valence-corrected chi connectivity index (χ4v) is 5.55. The van der Waals surface area contributed by atoms with Crippen molar-refractivity contribution in [3.8, 4) is 0 Å². The Balaban J connectivity index is 1.55. The summed E-state index contributed by atoms with van der Waals surface area (Å²) < 4.78 is 40.5. The third-order valence-electron chi connectivity index (χ3n) is 5.78. The van der Waals surface area contributed by atoms with Gasteiger partial charge in [0.1, 0.15) is 10.7 Å². The third-order valence-corrected chi connectivity index (χ3v) is 7.71. The second kappa shape index (κ2) is 8.67. The van der Waals surface area contributed by atoms with Gasteiger partial charge in [0, 0.05) is 26.2 Å². The summed E-state index contributed by atoms with van der Waals surface area (Å²) in [7, 11) is -1.79. The number of likely N-dealkylation sites (N-methyl/N-ethyl adjacent to an activating group) is 1. The van der Waals surface area contributed by atoms with Crippen molar-refractivity contribution in [3.63, 3.8) is 0 Å². The number of halogens is 1. The van der Waals surface area contributed by atoms with Crippen molar-refractivity contribution in [1.82, 2.24) is 9.21 Å². The van der Waals surface area contributed by atoms with Gasteiger partial charge in [-0.25, -0.2) is 12.8 Å². The Hall–Kier alpha value is -1.51. The number of hydrogen-bond donors (Lipinski definition) is 1. The molecule has 6 nitrogen and oxygen atoms in total. The molecule has 1 N–H and O–H groups in total. The van der Waals surface area contributed by atoms with Crippen molar-refractivity contribution in [2.45, 2.75) is 43.0 Å². The molecule has 1 aromatic rings. The summed E-state index contributed by atoms with van der Waals surface area (Å²) in [6.07, 6.45) is 6.11. The van der Waals surface area contributed by atoms with E-state index in [-0.39, 0.29) is 23.9 Å². The quantitative estimate of drug-likeness (QED) is 0.786. The number of amides is 1. The maximum atomic E-state index is 13.9. The van der Waals surface area contributed by atoms with E-state index in [0.717, 1.165) is 6.07 Å². The number of nitrogens with zero attached hydrogens (tertiary/aromatic N) is 2. The molecule has 0 radical (unpaired) electrons. The van der Waals surface area contributed by atoms with Crippen LogP contribution in [0.15, 0.2) is 29.2 Å². The van der Waals surface area contributed by atoms with Crippen LogP contribution in [0.1, 0.15) is 32.1 Å². The van der Waals surface area contributed by atoms with Gasteiger partial charge in [-0.2, -0.15) is 4.31 Å². The number of sulfonamides is 1. The van der Waals surface area contributed by atoms with E-state index in [9.17, 15) is 17.6 Å². The van der Waals surface area contributed by atoms with E-state index < -0.39 is 15.8 Å². The van der Waals surface area contributed by atoms with Gasteiger partial charge in [-0.1, -0.05) is 18.6 Å². The van der Waals surface area contributed by atoms with Crippen LogP contribution in [0.5, 0.6) is 0 Å². The molecule has 1 aliphatic heterocycles. The minimum atomic E-state index is -3.87. The Morgan fingerprint density at radius 3 is 2.37 bits per heavy atom. The lowest BCUT2D eigenvalue weighted by molar-refractivity contribution is -0.899. The molecule has 150 valence electrons. The number of nitrogens with one attached hydrogen (secondary N) is 1. The Kier molecular flexibility index (Phi) is 6.49. The van der Waals surface area contributed by atoms with Crippen LogP contribution >= 0.6 is 0 Å². The zero-order chi connectivity index (χ0) is 19.4. The summed E-state index contributed by atoms with van der Waals surface area (Å²) in [5.74, 6) is -0.672. The van der Waals surface area contributed by atoms with Crippen LogP contribution in [0.2, 0.25) is 0 Å². The second-order valence-corrected chi connectivity index (χ2v) is 9.48. The second-order valence-electron chi connectivity index (χ2n) is 7.57. The van der Waals surface area contributed by atoms with Gasteiger partial charge >= 0.3 is 0 Å². The van der Waals surface area contributed by atoms with E-state index in [2.05, 4.69) is 7.05 Å². The highest BCUT2D eigenvalue weighted by atomic mass is 32.2. The molecule has 0 bridgehead atoms. The molecular formula is C19H29FN3O3S+. The highest BCUT2D eigenvalue weighted by molar-refractivity contribution is 7.89. The van der Waals surface area contributed by atoms with E-state index in [4.69, 9.17) is 0 Å². The zero-order valence-corrected chi connectivity index (χ0v) is 16.7. The first-order valence-corrected chi connectivity index (χ1v) is 11.2. The van der Waals surface area contributed by atoms with Gasteiger partial charge in [-0.3, -0.25) is 4.79 Å². The molecule has 2 fully saturated rings. The summed E-state index contributed by atoms with van der Waals surface area (Å²) in [4.78, 5) is 15.3. The first-order valence-electron chi connectivity index (χ1n) is 9.74. The van der Waals surface area contributed by atoms with Crippen LogP contribution < -0.4 is 4.90 Å². The van der Waals surface area contributed by atoms with Crippen molar-refractivity contribution in [3.05, 3.63) is 30.1 Å². The molecule has 1 aromatic carbocycles. The van der Waals surface area contributed by atoms with E-state index in [1.54, 1.807) is 4.90 Å². The maximum absolute atomic E-state index is 13.9. The van der Waals surface area contributed by atoms with Crippen molar-refractivity contribution in [1.29, 1.82) is 0 Å². The molecule has 27 heavy (non-hydrogen) atoms. The molecule has 1 aliphatic carbocycles. The Labute approximate surface area is 161 Å². The summed E-state index contributed by atoms with van der Waals surface area (Å²) in [5.41, 5.74) is 0. The smallest absolute Gasteiger partial charge is 0.277 e. The molecule has 1 amide bonds. The number of carbonyl (C=O) groups excluding carboxylic acids is 1. The highest BCUT2D eigenvalue weighted by Crippen LogP contribution is 2.20. The predicted molar refractivity (Wildman–Crippen MR) is 100 cm³/mol. The van der Waals surface area contributed by atoms with E-state index >= 15 is 0 Å². The van der Waals surface area contributed by atoms with Crippen LogP contribution in [0.4, 0.5) is 4.39 Å². The fraction of sp³-hybridized carbons (Fsp3) is 0.632. The number of benzene rings is 1. The Morgan fingerprint density at radius 1 is 1.11 bits per heavy atom. The standard InChI is InChI=1S/C19H28FN3O3S/c1-21(16-7-3-2-4-8-16)15-19(24)22-11-13-23(14-12-22)27(25,26)18-10-6-5-9-17(18)20/h5-6,9-10,16H,2-4,7-8,11-15H2,1H3/p+1.